The van der Waals surface area contributed by atoms with E-state index in [1.54, 1.807) is 29.2 Å². The SMILES string of the molecule is COc1ccc(C2=C(C)C(=O)N(CC(=O)N3CCN(c4cc(C)ccc4C)CC3)S2(=O)=O)cc1. The lowest BCUT2D eigenvalue weighted by Gasteiger charge is -2.37. The van der Waals surface area contributed by atoms with Gasteiger partial charge in [0.2, 0.25) is 5.91 Å². The van der Waals surface area contributed by atoms with Gasteiger partial charge >= 0.3 is 0 Å². The quantitative estimate of drug-likeness (QED) is 0.650. The van der Waals surface area contributed by atoms with Gasteiger partial charge < -0.3 is 14.5 Å². The van der Waals surface area contributed by atoms with Gasteiger partial charge in [0.15, 0.2) is 0 Å². The molecule has 2 aromatic carbocycles. The number of amides is 2. The fourth-order valence-electron chi connectivity index (χ4n) is 4.44. The van der Waals surface area contributed by atoms with Crippen LogP contribution in [0.2, 0.25) is 0 Å². The van der Waals surface area contributed by atoms with Gasteiger partial charge in [-0.3, -0.25) is 9.59 Å². The highest BCUT2D eigenvalue weighted by Crippen LogP contribution is 2.36. The highest BCUT2D eigenvalue weighted by Gasteiger charge is 2.43. The molecule has 2 amide bonds. The highest BCUT2D eigenvalue weighted by molar-refractivity contribution is 7.99. The average molecular weight is 484 g/mol. The van der Waals surface area contributed by atoms with Gasteiger partial charge in [0, 0.05) is 37.4 Å². The van der Waals surface area contributed by atoms with E-state index in [4.69, 9.17) is 4.74 Å². The van der Waals surface area contributed by atoms with Crippen molar-refractivity contribution in [2.24, 2.45) is 0 Å². The van der Waals surface area contributed by atoms with E-state index in [1.165, 1.54) is 25.2 Å². The van der Waals surface area contributed by atoms with Crippen molar-refractivity contribution in [1.82, 2.24) is 9.21 Å². The third-order valence-corrected chi connectivity index (χ3v) is 8.34. The summed E-state index contributed by atoms with van der Waals surface area (Å²) in [6.45, 7) is 7.31. The van der Waals surface area contributed by atoms with Gasteiger partial charge in [-0.1, -0.05) is 12.1 Å². The summed E-state index contributed by atoms with van der Waals surface area (Å²) in [7, 11) is -2.61. The number of hydrogen-bond donors (Lipinski definition) is 0. The topological polar surface area (TPSA) is 87.2 Å². The predicted octanol–water partition coefficient (Wildman–Crippen LogP) is 2.56. The predicted molar refractivity (Wildman–Crippen MR) is 131 cm³/mol. The number of sulfonamides is 1. The summed E-state index contributed by atoms with van der Waals surface area (Å²) in [5, 5.41) is 0. The van der Waals surface area contributed by atoms with Gasteiger partial charge in [0.25, 0.3) is 15.9 Å². The van der Waals surface area contributed by atoms with E-state index in [-0.39, 0.29) is 16.4 Å². The van der Waals surface area contributed by atoms with Crippen molar-refractivity contribution in [3.05, 3.63) is 64.7 Å². The lowest BCUT2D eigenvalue weighted by atomic mass is 10.1. The minimum atomic E-state index is -4.13. The van der Waals surface area contributed by atoms with E-state index < -0.39 is 22.5 Å². The number of piperazine rings is 1. The molecular formula is C25H29N3O5S. The Morgan fingerprint density at radius 3 is 2.24 bits per heavy atom. The fraction of sp³-hybridized carbons (Fsp3) is 0.360. The second-order valence-corrected chi connectivity index (χ2v) is 10.5. The molecule has 0 N–H and O–H groups in total. The summed E-state index contributed by atoms with van der Waals surface area (Å²) in [5.74, 6) is -0.453. The first-order valence-electron chi connectivity index (χ1n) is 11.2. The van der Waals surface area contributed by atoms with Crippen molar-refractivity contribution in [2.75, 3.05) is 44.7 Å². The fourth-order valence-corrected chi connectivity index (χ4v) is 6.21. The largest absolute Gasteiger partial charge is 0.497 e. The van der Waals surface area contributed by atoms with Crippen molar-refractivity contribution < 1.29 is 22.7 Å². The molecule has 2 aliphatic rings. The molecule has 0 atom stereocenters. The van der Waals surface area contributed by atoms with E-state index in [9.17, 15) is 18.0 Å². The molecule has 0 saturated carbocycles. The molecule has 0 radical (unpaired) electrons. The lowest BCUT2D eigenvalue weighted by molar-refractivity contribution is -0.135. The smallest absolute Gasteiger partial charge is 0.268 e. The van der Waals surface area contributed by atoms with Gasteiger partial charge in [0.05, 0.1) is 7.11 Å². The Balaban J connectivity index is 1.45. The molecule has 0 bridgehead atoms. The van der Waals surface area contributed by atoms with E-state index >= 15 is 0 Å². The van der Waals surface area contributed by atoms with E-state index in [2.05, 4.69) is 30.0 Å². The second-order valence-electron chi connectivity index (χ2n) is 8.66. The van der Waals surface area contributed by atoms with Crippen LogP contribution in [0.5, 0.6) is 5.75 Å². The van der Waals surface area contributed by atoms with Gasteiger partial charge in [-0.15, -0.1) is 0 Å². The minimum absolute atomic E-state index is 0.0623. The molecule has 1 saturated heterocycles. The molecule has 2 heterocycles. The number of ether oxygens (including phenoxy) is 1. The summed E-state index contributed by atoms with van der Waals surface area (Å²) in [4.78, 5) is 29.6. The Morgan fingerprint density at radius 2 is 1.62 bits per heavy atom. The van der Waals surface area contributed by atoms with E-state index in [1.807, 2.05) is 6.92 Å². The Labute approximate surface area is 200 Å². The Hall–Kier alpha value is -3.33. The number of methoxy groups -OCH3 is 1. The Morgan fingerprint density at radius 1 is 0.971 bits per heavy atom. The average Bonchev–Trinajstić information content (AvgIpc) is 2.99. The van der Waals surface area contributed by atoms with Crippen LogP contribution in [0, 0.1) is 13.8 Å². The molecule has 1 fully saturated rings. The van der Waals surface area contributed by atoms with E-state index in [0.717, 1.165) is 5.69 Å². The number of benzene rings is 2. The molecule has 2 aromatic rings. The van der Waals surface area contributed by atoms with Crippen LogP contribution in [-0.4, -0.2) is 69.3 Å². The van der Waals surface area contributed by atoms with Crippen molar-refractivity contribution in [2.45, 2.75) is 20.8 Å². The van der Waals surface area contributed by atoms with Gasteiger partial charge in [0.1, 0.15) is 17.2 Å². The van der Waals surface area contributed by atoms with Crippen molar-refractivity contribution in [3.8, 4) is 5.75 Å². The van der Waals surface area contributed by atoms with Gasteiger partial charge in [-0.25, -0.2) is 12.7 Å². The maximum Gasteiger partial charge on any atom is 0.268 e. The number of aryl methyl sites for hydroxylation is 2. The third-order valence-electron chi connectivity index (χ3n) is 6.40. The molecule has 8 nitrogen and oxygen atoms in total. The minimum Gasteiger partial charge on any atom is -0.497 e. The Bertz CT molecular complexity index is 1260. The number of carbonyl (C=O) groups excluding carboxylic acids is 2. The lowest BCUT2D eigenvalue weighted by Crippen LogP contribution is -2.52. The van der Waals surface area contributed by atoms with E-state index in [0.29, 0.717) is 41.8 Å². The molecule has 0 spiro atoms. The zero-order valence-corrected chi connectivity index (χ0v) is 20.7. The van der Waals surface area contributed by atoms with Gasteiger partial charge in [-0.2, -0.15) is 0 Å². The first-order chi connectivity index (χ1) is 16.1. The maximum atomic E-state index is 13.2. The van der Waals surface area contributed by atoms with Crippen LogP contribution in [-0.2, 0) is 19.6 Å². The molecule has 0 aromatic heterocycles. The van der Waals surface area contributed by atoms with Crippen LogP contribution in [0.25, 0.3) is 4.91 Å². The van der Waals surface area contributed by atoms with Gasteiger partial charge in [-0.05, 0) is 67.8 Å². The molecule has 0 unspecified atom stereocenters. The molecule has 34 heavy (non-hydrogen) atoms. The highest BCUT2D eigenvalue weighted by atomic mass is 32.2. The number of anilines is 1. The summed E-state index contributed by atoms with van der Waals surface area (Å²) in [5.41, 5.74) is 3.99. The van der Waals surface area contributed by atoms with Crippen molar-refractivity contribution in [1.29, 1.82) is 0 Å². The summed E-state index contributed by atoms with van der Waals surface area (Å²) in [6.07, 6.45) is 0. The van der Waals surface area contributed by atoms with Crippen LogP contribution >= 0.6 is 0 Å². The molecule has 0 aliphatic carbocycles. The van der Waals surface area contributed by atoms with Crippen LogP contribution in [0.1, 0.15) is 23.6 Å². The summed E-state index contributed by atoms with van der Waals surface area (Å²) in [6, 6.07) is 12.8. The first kappa shape index (κ1) is 23.8. The van der Waals surface area contributed by atoms with Crippen molar-refractivity contribution in [3.63, 3.8) is 0 Å². The van der Waals surface area contributed by atoms with Crippen LogP contribution in [0.4, 0.5) is 5.69 Å². The summed E-state index contributed by atoms with van der Waals surface area (Å²) < 4.78 is 32.3. The maximum absolute atomic E-state index is 13.2. The van der Waals surface area contributed by atoms with Crippen LogP contribution in [0.15, 0.2) is 48.0 Å². The number of hydrogen-bond acceptors (Lipinski definition) is 6. The molecule has 9 heteroatoms. The first-order valence-corrected chi connectivity index (χ1v) is 12.6. The molecule has 180 valence electrons. The number of rotatable bonds is 5. The van der Waals surface area contributed by atoms with Crippen LogP contribution in [0.3, 0.4) is 0 Å². The zero-order chi connectivity index (χ0) is 24.6. The second kappa shape index (κ2) is 9.13. The number of carbonyl (C=O) groups is 2. The zero-order valence-electron chi connectivity index (χ0n) is 19.9. The van der Waals surface area contributed by atoms with Crippen molar-refractivity contribution >= 4 is 32.4 Å². The normalized spacial score (nSPS) is 18.0. The molecule has 2 aliphatic heterocycles. The molecular weight excluding hydrogens is 454 g/mol. The monoisotopic (exact) mass is 483 g/mol. The standard InChI is InChI=1S/C25H29N3O5S/c1-17-5-6-18(2)22(15-17)26-11-13-27(14-12-26)23(29)16-28-25(30)19(3)24(34(28,31)32)20-7-9-21(33-4)10-8-20/h5-10,15H,11-14,16H2,1-4H3. The third kappa shape index (κ3) is 4.27. The number of nitrogens with zero attached hydrogens (tertiary/aromatic N) is 3. The molecule has 4 rings (SSSR count). The Kier molecular flexibility index (Phi) is 6.40. The summed E-state index contributed by atoms with van der Waals surface area (Å²) >= 11 is 0. The van der Waals surface area contributed by atoms with Crippen LogP contribution < -0.4 is 9.64 Å².